The van der Waals surface area contributed by atoms with E-state index in [1.54, 1.807) is 0 Å². The van der Waals surface area contributed by atoms with Crippen molar-refractivity contribution in [3.63, 3.8) is 0 Å². The monoisotopic (exact) mass is 517 g/mol. The average Bonchev–Trinajstić information content (AvgIpc) is 3.07. The van der Waals surface area contributed by atoms with E-state index in [4.69, 9.17) is 0 Å². The van der Waals surface area contributed by atoms with Crippen LogP contribution in [0.15, 0.2) is 60.7 Å². The van der Waals surface area contributed by atoms with Crippen LogP contribution >= 0.6 is 0 Å². The SMILES string of the molecule is C[SiH]C.Cc1ccc(C)c2[cH-]ccc12.[Cl-].[Cl-].[Hf+4].c1cc[cH-]c1. The van der Waals surface area contributed by atoms with Gasteiger partial charge < -0.3 is 24.8 Å². The second-order valence-corrected chi connectivity index (χ2v) is 5.75. The molecule has 0 aliphatic carbocycles. The van der Waals surface area contributed by atoms with Crippen molar-refractivity contribution in [1.82, 2.24) is 0 Å². The molecule has 1 radical (unpaired) electrons. The summed E-state index contributed by atoms with van der Waals surface area (Å²) >= 11 is 0. The molecule has 4 heteroatoms. The van der Waals surface area contributed by atoms with Crippen LogP contribution < -0.4 is 24.8 Å². The third kappa shape index (κ3) is 9.09. The maximum atomic E-state index is 2.21. The van der Waals surface area contributed by atoms with Crippen LogP contribution in [0.1, 0.15) is 11.1 Å². The molecule has 0 N–H and O–H groups in total. The molecule has 0 aliphatic rings. The first-order chi connectivity index (χ1) is 9.20. The van der Waals surface area contributed by atoms with Gasteiger partial charge in [-0.15, -0.1) is 28.5 Å². The first kappa shape index (κ1) is 26.7. The van der Waals surface area contributed by atoms with Gasteiger partial charge in [0.05, 0.1) is 0 Å². The van der Waals surface area contributed by atoms with E-state index in [0.29, 0.717) is 0 Å². The van der Waals surface area contributed by atoms with Crippen LogP contribution in [0, 0.1) is 13.8 Å². The van der Waals surface area contributed by atoms with Gasteiger partial charge in [-0.3, -0.25) is 0 Å². The summed E-state index contributed by atoms with van der Waals surface area (Å²) in [6.07, 6.45) is 0. The van der Waals surface area contributed by atoms with Gasteiger partial charge in [0.15, 0.2) is 0 Å². The molecule has 0 spiro atoms. The van der Waals surface area contributed by atoms with Crippen LogP contribution in [0.3, 0.4) is 0 Å². The van der Waals surface area contributed by atoms with Crippen LogP contribution in [-0.2, 0) is 25.8 Å². The number of hydrogen-bond acceptors (Lipinski definition) is 0. The number of aryl methyl sites for hydroxylation is 2. The average molecular weight is 517 g/mol. The van der Waals surface area contributed by atoms with Crippen molar-refractivity contribution < 1.29 is 50.7 Å². The Kier molecular flexibility index (Phi) is 19.1. The molecule has 0 heterocycles. The van der Waals surface area contributed by atoms with Gasteiger partial charge in [0.2, 0.25) is 0 Å². The molecule has 0 saturated heterocycles. The number of fused-ring (bicyclic) bond motifs is 1. The maximum absolute atomic E-state index is 2.21. The molecule has 117 valence electrons. The Morgan fingerprint density at radius 1 is 0.818 bits per heavy atom. The standard InChI is InChI=1S/C11H11.C5H5.C2H7Si.2ClH.Hf/c1-8-6-7-9(2)11-5-3-4-10(8)11;1-2-4-5-3-1;1-3-2;;;/h3-7H,1-2H3;1-5H;3H,1-2H3;2*1H;/q2*-1;;;;+4/p-2. The molecule has 0 atom stereocenters. The molecule has 0 saturated carbocycles. The first-order valence-corrected chi connectivity index (χ1v) is 9.04. The van der Waals surface area contributed by atoms with E-state index in [1.807, 2.05) is 30.3 Å². The van der Waals surface area contributed by atoms with Gasteiger partial charge in [0.1, 0.15) is 0 Å². The van der Waals surface area contributed by atoms with Crippen LogP contribution in [-0.4, -0.2) is 9.52 Å². The molecule has 0 fully saturated rings. The van der Waals surface area contributed by atoms with Gasteiger partial charge in [0, 0.05) is 9.52 Å². The van der Waals surface area contributed by atoms with E-state index in [0.717, 1.165) is 9.52 Å². The molecule has 3 aromatic carbocycles. The summed E-state index contributed by atoms with van der Waals surface area (Å²) in [6.45, 7) is 8.73. The Balaban J connectivity index is -0.000000283. The van der Waals surface area contributed by atoms with E-state index in [2.05, 4.69) is 57.3 Å². The maximum Gasteiger partial charge on any atom is 4.00 e. The summed E-state index contributed by atoms with van der Waals surface area (Å²) in [5.41, 5.74) is 2.74. The fourth-order valence-corrected chi connectivity index (χ4v) is 1.86. The van der Waals surface area contributed by atoms with Gasteiger partial charge in [-0.1, -0.05) is 31.6 Å². The Labute approximate surface area is 168 Å². The molecule has 0 aliphatic heterocycles. The fraction of sp³-hybridized carbons (Fsp3) is 0.222. The topological polar surface area (TPSA) is 0 Å². The van der Waals surface area contributed by atoms with E-state index in [9.17, 15) is 0 Å². The second kappa shape index (κ2) is 15.7. The fourth-order valence-electron chi connectivity index (χ4n) is 1.86. The molecule has 0 bridgehead atoms. The Morgan fingerprint density at radius 2 is 1.32 bits per heavy atom. The van der Waals surface area contributed by atoms with Crippen molar-refractivity contribution in [3.05, 3.63) is 71.8 Å². The van der Waals surface area contributed by atoms with Crippen molar-refractivity contribution in [2.75, 3.05) is 0 Å². The summed E-state index contributed by atoms with van der Waals surface area (Å²) in [5, 5.41) is 2.79. The predicted octanol–water partition coefficient (Wildman–Crippen LogP) is -0.894. The Bertz CT molecular complexity index is 521. The minimum Gasteiger partial charge on any atom is -1.00 e. The van der Waals surface area contributed by atoms with E-state index in [1.165, 1.54) is 21.9 Å². The van der Waals surface area contributed by atoms with Crippen molar-refractivity contribution in [2.45, 2.75) is 26.9 Å². The van der Waals surface area contributed by atoms with Gasteiger partial charge >= 0.3 is 25.8 Å². The van der Waals surface area contributed by atoms with Crippen molar-refractivity contribution in [1.29, 1.82) is 0 Å². The summed E-state index contributed by atoms with van der Waals surface area (Å²) in [7, 11) is 0.750. The largest absolute Gasteiger partial charge is 4.00 e. The molecule has 22 heavy (non-hydrogen) atoms. The smallest absolute Gasteiger partial charge is 1.00 e. The number of benzene rings is 1. The summed E-state index contributed by atoms with van der Waals surface area (Å²) < 4.78 is 0. The molecule has 3 rings (SSSR count). The van der Waals surface area contributed by atoms with Crippen LogP contribution in [0.4, 0.5) is 0 Å². The molecule has 0 aromatic heterocycles. The first-order valence-electron chi connectivity index (χ1n) is 6.73. The van der Waals surface area contributed by atoms with E-state index >= 15 is 0 Å². The minimum atomic E-state index is 0. The quantitative estimate of drug-likeness (QED) is 0.269. The van der Waals surface area contributed by atoms with Crippen LogP contribution in [0.2, 0.25) is 13.1 Å². The molecular formula is C18H23Cl2HfSi. The van der Waals surface area contributed by atoms with Gasteiger partial charge in [-0.05, 0) is 6.92 Å². The summed E-state index contributed by atoms with van der Waals surface area (Å²) in [4.78, 5) is 0. The van der Waals surface area contributed by atoms with Gasteiger partial charge in [-0.25, -0.2) is 12.1 Å². The van der Waals surface area contributed by atoms with Crippen LogP contribution in [0.25, 0.3) is 10.8 Å². The normalized spacial score (nSPS) is 8.00. The van der Waals surface area contributed by atoms with E-state index < -0.39 is 0 Å². The van der Waals surface area contributed by atoms with Crippen molar-refractivity contribution in [3.8, 4) is 0 Å². The molecule has 0 unspecified atom stereocenters. The Hall–Kier alpha value is -0.153. The third-order valence-electron chi connectivity index (χ3n) is 2.80. The number of hydrogen-bond donors (Lipinski definition) is 0. The zero-order valence-electron chi connectivity index (χ0n) is 13.6. The summed E-state index contributed by atoms with van der Waals surface area (Å²) in [6, 6.07) is 20.8. The third-order valence-corrected chi connectivity index (χ3v) is 2.80. The minimum absolute atomic E-state index is 0. The predicted molar refractivity (Wildman–Crippen MR) is 89.9 cm³/mol. The number of rotatable bonds is 0. The van der Waals surface area contributed by atoms with Crippen LogP contribution in [0.5, 0.6) is 0 Å². The van der Waals surface area contributed by atoms with Gasteiger partial charge in [-0.2, -0.15) is 30.3 Å². The summed E-state index contributed by atoms with van der Waals surface area (Å²) in [5.74, 6) is 0. The Morgan fingerprint density at radius 3 is 1.73 bits per heavy atom. The molecule has 0 amide bonds. The molecule has 0 nitrogen and oxygen atoms in total. The zero-order valence-corrected chi connectivity index (χ0v) is 19.9. The molecule has 3 aromatic rings. The van der Waals surface area contributed by atoms with Crippen molar-refractivity contribution in [2.24, 2.45) is 0 Å². The second-order valence-electron chi connectivity index (χ2n) is 4.59. The zero-order chi connectivity index (χ0) is 14.1. The van der Waals surface area contributed by atoms with Gasteiger partial charge in [0.25, 0.3) is 0 Å². The molecular weight excluding hydrogens is 494 g/mol. The number of halogens is 2. The van der Waals surface area contributed by atoms with E-state index in [-0.39, 0.29) is 50.7 Å². The van der Waals surface area contributed by atoms with Crippen molar-refractivity contribution >= 4 is 20.3 Å².